The van der Waals surface area contributed by atoms with E-state index in [1.807, 2.05) is 6.92 Å². The summed E-state index contributed by atoms with van der Waals surface area (Å²) in [4.78, 5) is 11.5. The van der Waals surface area contributed by atoms with Gasteiger partial charge in [-0.2, -0.15) is 0 Å². The van der Waals surface area contributed by atoms with Crippen molar-refractivity contribution in [3.8, 4) is 0 Å². The molecule has 5 nitrogen and oxygen atoms in total. The molecular formula is C14H28O5. The zero-order valence-electron chi connectivity index (χ0n) is 12.6. The second-order valence-electron chi connectivity index (χ2n) is 4.34. The molecule has 114 valence electrons. The third-order valence-corrected chi connectivity index (χ3v) is 2.48. The van der Waals surface area contributed by atoms with Crippen LogP contribution in [0.1, 0.15) is 59.8 Å². The summed E-state index contributed by atoms with van der Waals surface area (Å²) < 4.78 is 20.8. The van der Waals surface area contributed by atoms with Gasteiger partial charge in [0.2, 0.25) is 12.6 Å². The molecule has 0 spiro atoms. The van der Waals surface area contributed by atoms with E-state index in [2.05, 4.69) is 13.8 Å². The van der Waals surface area contributed by atoms with Crippen molar-refractivity contribution >= 4 is 6.16 Å². The van der Waals surface area contributed by atoms with E-state index in [1.165, 1.54) is 0 Å². The predicted octanol–water partition coefficient (Wildman–Crippen LogP) is 3.86. The summed E-state index contributed by atoms with van der Waals surface area (Å²) in [6, 6.07) is 0. The van der Waals surface area contributed by atoms with E-state index >= 15 is 0 Å². The van der Waals surface area contributed by atoms with Crippen LogP contribution in [0.5, 0.6) is 0 Å². The Balaban J connectivity index is 3.79. The molecule has 0 saturated carbocycles. The van der Waals surface area contributed by atoms with E-state index in [4.69, 9.17) is 18.9 Å². The lowest BCUT2D eigenvalue weighted by atomic mass is 10.3. The van der Waals surface area contributed by atoms with Crippen LogP contribution in [-0.4, -0.2) is 31.9 Å². The van der Waals surface area contributed by atoms with Crippen LogP contribution in [-0.2, 0) is 18.9 Å². The summed E-state index contributed by atoms with van der Waals surface area (Å²) in [5.41, 5.74) is 0. The molecule has 0 N–H and O–H groups in total. The Labute approximate surface area is 116 Å². The first-order chi connectivity index (χ1) is 9.13. The number of rotatable bonds is 11. The Morgan fingerprint density at radius 2 is 1.53 bits per heavy atom. The van der Waals surface area contributed by atoms with Crippen molar-refractivity contribution in [3.05, 3.63) is 0 Å². The molecule has 0 aromatic carbocycles. The second kappa shape index (κ2) is 12.2. The molecule has 2 unspecified atom stereocenters. The summed E-state index contributed by atoms with van der Waals surface area (Å²) in [5, 5.41) is 0. The number of hydrogen-bond donors (Lipinski definition) is 0. The van der Waals surface area contributed by atoms with Gasteiger partial charge in [-0.25, -0.2) is 4.79 Å². The zero-order valence-corrected chi connectivity index (χ0v) is 12.6. The minimum absolute atomic E-state index is 0.540. The standard InChI is InChI=1S/C14H28O5/c1-5-8-10-16-12(4)18-14(15)19-13(7-3)17-11-9-6-2/h12-13H,5-11H2,1-4H3. The largest absolute Gasteiger partial charge is 0.512 e. The van der Waals surface area contributed by atoms with Crippen molar-refractivity contribution in [1.82, 2.24) is 0 Å². The lowest BCUT2D eigenvalue weighted by Crippen LogP contribution is -2.25. The normalized spacial score (nSPS) is 13.9. The fourth-order valence-corrected chi connectivity index (χ4v) is 1.29. The highest BCUT2D eigenvalue weighted by Crippen LogP contribution is 2.06. The average Bonchev–Trinajstić information content (AvgIpc) is 2.38. The molecule has 0 rings (SSSR count). The fourth-order valence-electron chi connectivity index (χ4n) is 1.29. The van der Waals surface area contributed by atoms with E-state index < -0.39 is 18.7 Å². The SMILES string of the molecule is CCCCOC(C)OC(=O)OC(CC)OCCCC. The van der Waals surface area contributed by atoms with Gasteiger partial charge in [-0.3, -0.25) is 0 Å². The van der Waals surface area contributed by atoms with Gasteiger partial charge < -0.3 is 18.9 Å². The maximum Gasteiger partial charge on any atom is 0.512 e. The summed E-state index contributed by atoms with van der Waals surface area (Å²) in [5.74, 6) is 0. The number of hydrogen-bond acceptors (Lipinski definition) is 5. The van der Waals surface area contributed by atoms with E-state index in [9.17, 15) is 4.79 Å². The van der Waals surface area contributed by atoms with Gasteiger partial charge in [0, 0.05) is 6.42 Å². The van der Waals surface area contributed by atoms with Crippen molar-refractivity contribution in [2.24, 2.45) is 0 Å². The van der Waals surface area contributed by atoms with Crippen LogP contribution >= 0.6 is 0 Å². The molecule has 0 aliphatic rings. The van der Waals surface area contributed by atoms with Crippen LogP contribution in [0.25, 0.3) is 0 Å². The number of unbranched alkanes of at least 4 members (excludes halogenated alkanes) is 2. The average molecular weight is 276 g/mol. The van der Waals surface area contributed by atoms with Gasteiger partial charge in [0.05, 0.1) is 13.2 Å². The Morgan fingerprint density at radius 1 is 0.947 bits per heavy atom. The molecule has 5 heteroatoms. The third-order valence-electron chi connectivity index (χ3n) is 2.48. The first-order valence-corrected chi connectivity index (χ1v) is 7.24. The monoisotopic (exact) mass is 276 g/mol. The molecule has 0 saturated heterocycles. The van der Waals surface area contributed by atoms with Gasteiger partial charge in [-0.05, 0) is 19.8 Å². The molecule has 0 heterocycles. The lowest BCUT2D eigenvalue weighted by molar-refractivity contribution is -0.158. The summed E-state index contributed by atoms with van der Waals surface area (Å²) in [7, 11) is 0. The third kappa shape index (κ3) is 10.8. The van der Waals surface area contributed by atoms with Crippen LogP contribution in [0.15, 0.2) is 0 Å². The first kappa shape index (κ1) is 18.2. The Morgan fingerprint density at radius 3 is 2.05 bits per heavy atom. The van der Waals surface area contributed by atoms with Gasteiger partial charge in [-0.15, -0.1) is 0 Å². The van der Waals surface area contributed by atoms with Crippen LogP contribution in [0.3, 0.4) is 0 Å². The molecule has 0 aliphatic carbocycles. The Kier molecular flexibility index (Phi) is 11.7. The Bertz CT molecular complexity index is 220. The number of carbonyl (C=O) groups is 1. The highest BCUT2D eigenvalue weighted by atomic mass is 16.8. The second-order valence-corrected chi connectivity index (χ2v) is 4.34. The first-order valence-electron chi connectivity index (χ1n) is 7.24. The van der Waals surface area contributed by atoms with Crippen molar-refractivity contribution in [1.29, 1.82) is 0 Å². The summed E-state index contributed by atoms with van der Waals surface area (Å²) in [6.07, 6.45) is 2.71. The molecule has 0 aliphatic heterocycles. The fraction of sp³-hybridized carbons (Fsp3) is 0.929. The van der Waals surface area contributed by atoms with Crippen molar-refractivity contribution in [2.75, 3.05) is 13.2 Å². The number of ether oxygens (including phenoxy) is 4. The predicted molar refractivity (Wildman–Crippen MR) is 72.8 cm³/mol. The molecular weight excluding hydrogens is 248 g/mol. The molecule has 0 aromatic rings. The van der Waals surface area contributed by atoms with Crippen molar-refractivity contribution < 1.29 is 23.7 Å². The summed E-state index contributed by atoms with van der Waals surface area (Å²) in [6.45, 7) is 8.89. The minimum atomic E-state index is -0.743. The maximum atomic E-state index is 11.5. The quantitative estimate of drug-likeness (QED) is 0.326. The topological polar surface area (TPSA) is 54.0 Å². The molecule has 0 bridgehead atoms. The molecule has 0 amide bonds. The van der Waals surface area contributed by atoms with E-state index in [0.717, 1.165) is 25.7 Å². The number of carbonyl (C=O) groups excluding carboxylic acids is 1. The van der Waals surface area contributed by atoms with Crippen molar-refractivity contribution in [2.45, 2.75) is 72.4 Å². The lowest BCUT2D eigenvalue weighted by Gasteiger charge is -2.18. The van der Waals surface area contributed by atoms with Gasteiger partial charge in [0.1, 0.15) is 0 Å². The van der Waals surface area contributed by atoms with Gasteiger partial charge in [-0.1, -0.05) is 33.6 Å². The van der Waals surface area contributed by atoms with Crippen molar-refractivity contribution in [3.63, 3.8) is 0 Å². The van der Waals surface area contributed by atoms with Gasteiger partial charge in [0.15, 0.2) is 0 Å². The van der Waals surface area contributed by atoms with Crippen LogP contribution in [0, 0.1) is 0 Å². The molecule has 0 radical (unpaired) electrons. The Hall–Kier alpha value is -0.810. The summed E-state index contributed by atoms with van der Waals surface area (Å²) >= 11 is 0. The van der Waals surface area contributed by atoms with Crippen LogP contribution in [0.2, 0.25) is 0 Å². The zero-order chi connectivity index (χ0) is 14.5. The minimum Gasteiger partial charge on any atom is -0.405 e. The smallest absolute Gasteiger partial charge is 0.405 e. The molecule has 19 heavy (non-hydrogen) atoms. The van der Waals surface area contributed by atoms with Crippen LogP contribution < -0.4 is 0 Å². The highest BCUT2D eigenvalue weighted by molar-refractivity contribution is 5.60. The van der Waals surface area contributed by atoms with E-state index in [-0.39, 0.29) is 0 Å². The highest BCUT2D eigenvalue weighted by Gasteiger charge is 2.16. The molecule has 2 atom stereocenters. The molecule has 0 fully saturated rings. The molecule has 0 aromatic heterocycles. The van der Waals surface area contributed by atoms with Crippen LogP contribution in [0.4, 0.5) is 4.79 Å². The van der Waals surface area contributed by atoms with Gasteiger partial charge in [0.25, 0.3) is 0 Å². The van der Waals surface area contributed by atoms with Gasteiger partial charge >= 0.3 is 6.16 Å². The van der Waals surface area contributed by atoms with E-state index in [1.54, 1.807) is 6.92 Å². The van der Waals surface area contributed by atoms with E-state index in [0.29, 0.717) is 19.6 Å². The maximum absolute atomic E-state index is 11.5.